The lowest BCUT2D eigenvalue weighted by Gasteiger charge is -1.95. The van der Waals surface area contributed by atoms with Crippen molar-refractivity contribution in [3.05, 3.63) is 54.3 Å². The Morgan fingerprint density at radius 3 is 2.58 bits per heavy atom. The minimum absolute atomic E-state index is 0.259. The highest BCUT2D eigenvalue weighted by atomic mass is 19.1. The number of aromatic nitrogens is 4. The van der Waals surface area contributed by atoms with Crippen LogP contribution >= 0.6 is 0 Å². The number of rotatable bonds is 1. The van der Waals surface area contributed by atoms with Gasteiger partial charge in [-0.3, -0.25) is 5.10 Å². The first-order valence-electron chi connectivity index (χ1n) is 5.90. The molecule has 0 aliphatic heterocycles. The van der Waals surface area contributed by atoms with E-state index in [-0.39, 0.29) is 5.82 Å². The molecule has 2 aromatic carbocycles. The second-order valence-corrected chi connectivity index (χ2v) is 4.32. The van der Waals surface area contributed by atoms with Crippen LogP contribution in [-0.2, 0) is 0 Å². The van der Waals surface area contributed by atoms with Crippen LogP contribution in [0.2, 0.25) is 0 Å². The first-order valence-corrected chi connectivity index (χ1v) is 5.90. The van der Waals surface area contributed by atoms with Gasteiger partial charge in [0.2, 0.25) is 0 Å². The Labute approximate surface area is 107 Å². The van der Waals surface area contributed by atoms with Gasteiger partial charge in [-0.25, -0.2) is 13.9 Å². The van der Waals surface area contributed by atoms with Crippen molar-refractivity contribution in [3.8, 4) is 11.4 Å². The molecule has 0 saturated carbocycles. The van der Waals surface area contributed by atoms with E-state index in [1.54, 1.807) is 12.1 Å². The lowest BCUT2D eigenvalue weighted by molar-refractivity contribution is 0.628. The van der Waals surface area contributed by atoms with E-state index in [4.69, 9.17) is 0 Å². The number of halogens is 1. The van der Waals surface area contributed by atoms with Gasteiger partial charge in [-0.2, -0.15) is 4.98 Å². The van der Waals surface area contributed by atoms with Crippen LogP contribution in [0.15, 0.2) is 48.5 Å². The monoisotopic (exact) mass is 252 g/mol. The zero-order valence-corrected chi connectivity index (χ0v) is 9.84. The molecule has 0 atom stereocenters. The molecule has 0 unspecified atom stereocenters. The summed E-state index contributed by atoms with van der Waals surface area (Å²) >= 11 is 0. The van der Waals surface area contributed by atoms with Gasteiger partial charge in [0.1, 0.15) is 5.82 Å². The van der Waals surface area contributed by atoms with E-state index in [1.165, 1.54) is 12.1 Å². The predicted molar refractivity (Wildman–Crippen MR) is 70.2 cm³/mol. The predicted octanol–water partition coefficient (Wildman–Crippen LogP) is 3.02. The number of nitrogens with zero attached hydrogens (tertiary/aromatic N) is 3. The van der Waals surface area contributed by atoms with Crippen molar-refractivity contribution in [1.82, 2.24) is 19.6 Å². The average molecular weight is 252 g/mol. The molecule has 2 heterocycles. The fourth-order valence-electron chi connectivity index (χ4n) is 2.17. The second-order valence-electron chi connectivity index (χ2n) is 4.32. The lowest BCUT2D eigenvalue weighted by atomic mass is 10.2. The molecule has 92 valence electrons. The highest BCUT2D eigenvalue weighted by Crippen LogP contribution is 2.20. The molecular weight excluding hydrogens is 243 g/mol. The summed E-state index contributed by atoms with van der Waals surface area (Å²) in [6.07, 6.45) is 0. The lowest BCUT2D eigenvalue weighted by Crippen LogP contribution is -1.85. The zero-order valence-electron chi connectivity index (χ0n) is 9.84. The number of nitrogens with one attached hydrogen (secondary N) is 1. The van der Waals surface area contributed by atoms with Gasteiger partial charge in [0.25, 0.3) is 5.78 Å². The molecule has 4 rings (SSSR count). The number of aromatic amines is 1. The summed E-state index contributed by atoms with van der Waals surface area (Å²) in [5.41, 5.74) is 2.70. The number of hydrogen-bond donors (Lipinski definition) is 1. The first kappa shape index (κ1) is 10.3. The third-order valence-electron chi connectivity index (χ3n) is 3.09. The Morgan fingerprint density at radius 2 is 1.74 bits per heavy atom. The minimum atomic E-state index is -0.259. The molecule has 2 aromatic heterocycles. The summed E-state index contributed by atoms with van der Waals surface area (Å²) in [5, 5.41) is 3.17. The highest BCUT2D eigenvalue weighted by Gasteiger charge is 2.10. The van der Waals surface area contributed by atoms with Gasteiger partial charge in [0, 0.05) is 5.56 Å². The van der Waals surface area contributed by atoms with Crippen LogP contribution in [0.4, 0.5) is 4.39 Å². The maximum absolute atomic E-state index is 12.9. The average Bonchev–Trinajstić information content (AvgIpc) is 2.97. The zero-order chi connectivity index (χ0) is 12.8. The van der Waals surface area contributed by atoms with E-state index >= 15 is 0 Å². The molecule has 0 bridgehead atoms. The van der Waals surface area contributed by atoms with E-state index < -0.39 is 0 Å². The number of H-pyrrole nitrogens is 1. The standard InChI is InChI=1S/C14H9FN4/c15-10-7-5-9(6-8-10)13-17-14-16-11-3-1-2-4-12(11)19(14)18-13/h1-8H,(H,16,17,18). The van der Waals surface area contributed by atoms with Gasteiger partial charge < -0.3 is 0 Å². The smallest absolute Gasteiger partial charge is 0.252 e. The summed E-state index contributed by atoms with van der Waals surface area (Å²) in [7, 11) is 0. The Morgan fingerprint density at radius 1 is 0.947 bits per heavy atom. The largest absolute Gasteiger partial charge is 0.274 e. The quantitative estimate of drug-likeness (QED) is 0.566. The normalized spacial score (nSPS) is 11.4. The fraction of sp³-hybridized carbons (Fsp3) is 0. The van der Waals surface area contributed by atoms with E-state index in [9.17, 15) is 4.39 Å². The second kappa shape index (κ2) is 3.65. The van der Waals surface area contributed by atoms with Crippen LogP contribution in [0.25, 0.3) is 28.2 Å². The SMILES string of the molecule is Fc1ccc(-c2nc3nc4ccccc4n3[nH]2)cc1. The van der Waals surface area contributed by atoms with Gasteiger partial charge in [-0.1, -0.05) is 12.1 Å². The number of benzene rings is 2. The molecule has 19 heavy (non-hydrogen) atoms. The topological polar surface area (TPSA) is 46.0 Å². The molecule has 4 nitrogen and oxygen atoms in total. The van der Waals surface area contributed by atoms with Crippen LogP contribution in [0.3, 0.4) is 0 Å². The summed E-state index contributed by atoms with van der Waals surface area (Å²) in [6.45, 7) is 0. The molecule has 0 radical (unpaired) electrons. The molecule has 0 aliphatic carbocycles. The van der Waals surface area contributed by atoms with Crippen molar-refractivity contribution in [2.24, 2.45) is 0 Å². The summed E-state index contributed by atoms with van der Waals surface area (Å²) in [6, 6.07) is 14.0. The van der Waals surface area contributed by atoms with Gasteiger partial charge in [0.05, 0.1) is 11.0 Å². The van der Waals surface area contributed by atoms with Gasteiger partial charge in [-0.15, -0.1) is 0 Å². The van der Waals surface area contributed by atoms with Gasteiger partial charge in [-0.05, 0) is 36.4 Å². The van der Waals surface area contributed by atoms with E-state index in [1.807, 2.05) is 28.8 Å². The highest BCUT2D eigenvalue weighted by molar-refractivity contribution is 5.79. The number of fused-ring (bicyclic) bond motifs is 3. The Hall–Kier alpha value is -2.69. The molecule has 1 N–H and O–H groups in total. The third-order valence-corrected chi connectivity index (χ3v) is 3.09. The van der Waals surface area contributed by atoms with E-state index in [0.717, 1.165) is 16.6 Å². The van der Waals surface area contributed by atoms with Crippen molar-refractivity contribution in [2.75, 3.05) is 0 Å². The molecule has 0 saturated heterocycles. The Balaban J connectivity index is 1.94. The molecular formula is C14H9FN4. The fourth-order valence-corrected chi connectivity index (χ4v) is 2.17. The van der Waals surface area contributed by atoms with Crippen LogP contribution in [0, 0.1) is 5.82 Å². The van der Waals surface area contributed by atoms with Crippen LogP contribution in [0.1, 0.15) is 0 Å². The van der Waals surface area contributed by atoms with Crippen molar-refractivity contribution in [1.29, 1.82) is 0 Å². The Bertz CT molecular complexity index is 873. The van der Waals surface area contributed by atoms with Gasteiger partial charge >= 0.3 is 0 Å². The van der Waals surface area contributed by atoms with Crippen LogP contribution < -0.4 is 0 Å². The summed E-state index contributed by atoms with van der Waals surface area (Å²) in [4.78, 5) is 8.85. The van der Waals surface area contributed by atoms with Crippen molar-refractivity contribution in [3.63, 3.8) is 0 Å². The Kier molecular flexibility index (Phi) is 1.97. The van der Waals surface area contributed by atoms with Crippen molar-refractivity contribution >= 4 is 16.8 Å². The maximum atomic E-state index is 12.9. The number of imidazole rings is 1. The minimum Gasteiger partial charge on any atom is -0.274 e. The molecule has 0 amide bonds. The summed E-state index contributed by atoms with van der Waals surface area (Å²) in [5.74, 6) is 1.03. The molecule has 0 aliphatic rings. The molecule has 4 aromatic rings. The van der Waals surface area contributed by atoms with Gasteiger partial charge in [0.15, 0.2) is 5.82 Å². The maximum Gasteiger partial charge on any atom is 0.252 e. The van der Waals surface area contributed by atoms with Crippen LogP contribution in [0.5, 0.6) is 0 Å². The summed E-state index contributed by atoms with van der Waals surface area (Å²) < 4.78 is 14.7. The number of hydrogen-bond acceptors (Lipinski definition) is 2. The van der Waals surface area contributed by atoms with Crippen molar-refractivity contribution in [2.45, 2.75) is 0 Å². The molecule has 0 fully saturated rings. The van der Waals surface area contributed by atoms with E-state index in [2.05, 4.69) is 15.1 Å². The third kappa shape index (κ3) is 1.52. The molecule has 5 heteroatoms. The number of para-hydroxylation sites is 2. The van der Waals surface area contributed by atoms with Crippen molar-refractivity contribution < 1.29 is 4.39 Å². The molecule has 0 spiro atoms. The van der Waals surface area contributed by atoms with E-state index in [0.29, 0.717) is 11.6 Å². The van der Waals surface area contributed by atoms with Crippen LogP contribution in [-0.4, -0.2) is 19.6 Å². The first-order chi connectivity index (χ1) is 9.31.